The van der Waals surface area contributed by atoms with E-state index in [0.717, 1.165) is 9.80 Å². The summed E-state index contributed by atoms with van der Waals surface area (Å²) < 4.78 is 34.1. The molecule has 1 saturated heterocycles. The molecule has 1 aromatic rings. The average Bonchev–Trinajstić information content (AvgIpc) is 3.07. The second-order valence-electron chi connectivity index (χ2n) is 7.52. The number of benzene rings is 1. The van der Waals surface area contributed by atoms with Gasteiger partial charge in [-0.05, 0) is 32.1 Å². The Morgan fingerprint density at radius 2 is 1.57 bits per heavy atom. The fraction of sp³-hybridized carbons (Fsp3) is 0.455. The molecule has 1 fully saturated rings. The Balaban J connectivity index is 2.06. The zero-order valence-corrected chi connectivity index (χ0v) is 20.5. The molecule has 3 atom stereocenters. The van der Waals surface area contributed by atoms with Crippen LogP contribution in [-0.2, 0) is 32.7 Å². The predicted octanol–water partition coefficient (Wildman–Crippen LogP) is 1.71. The van der Waals surface area contributed by atoms with Crippen molar-refractivity contribution >= 4 is 31.3 Å². The minimum Gasteiger partial charge on any atom is -0.479 e. The monoisotopic (exact) mass is 510 g/mol. The Hall–Kier alpha value is -2.89. The number of aliphatic carboxylic acids is 1. The molecule has 13 heteroatoms. The topological polar surface area (TPSA) is 149 Å². The minimum absolute atomic E-state index is 0.127. The summed E-state index contributed by atoms with van der Waals surface area (Å²) >= 11 is 0. The highest BCUT2D eigenvalue weighted by atomic mass is 31.2. The van der Waals surface area contributed by atoms with Crippen LogP contribution in [0.1, 0.15) is 34.6 Å². The number of carboxylic acids is 1. The standard InChI is InChI=1S/C22H27N2O10P/c1-5-33-35(30,34-6-2)21(22(28)29)23-15(11-12-16(31-3)32-4)17(20(23)27)24-18(25)13-9-7-8-10-14(13)19(24)26/h7-12,15-17,21H,5-6H2,1-4H3,(H,28,29)/b12-11-. The summed E-state index contributed by atoms with van der Waals surface area (Å²) in [7, 11) is -1.64. The van der Waals surface area contributed by atoms with E-state index in [1.54, 1.807) is 12.1 Å². The number of fused-ring (bicyclic) bond motifs is 1. The van der Waals surface area contributed by atoms with Crippen molar-refractivity contribution < 1.29 is 47.4 Å². The lowest BCUT2D eigenvalue weighted by Gasteiger charge is -2.51. The van der Waals surface area contributed by atoms with Gasteiger partial charge in [-0.3, -0.25) is 23.8 Å². The molecule has 0 saturated carbocycles. The van der Waals surface area contributed by atoms with Crippen LogP contribution in [-0.4, -0.2) is 90.2 Å². The van der Waals surface area contributed by atoms with Gasteiger partial charge < -0.3 is 28.5 Å². The average molecular weight is 510 g/mol. The van der Waals surface area contributed by atoms with E-state index in [1.807, 2.05) is 0 Å². The quantitative estimate of drug-likeness (QED) is 0.145. The summed E-state index contributed by atoms with van der Waals surface area (Å²) in [6.07, 6.45) is 1.88. The van der Waals surface area contributed by atoms with Crippen molar-refractivity contribution in [2.75, 3.05) is 27.4 Å². The minimum atomic E-state index is -4.37. The highest BCUT2D eigenvalue weighted by Crippen LogP contribution is 2.56. The Kier molecular flexibility index (Phi) is 8.24. The molecule has 190 valence electrons. The molecule has 2 heterocycles. The van der Waals surface area contributed by atoms with E-state index < -0.39 is 55.4 Å². The van der Waals surface area contributed by atoms with Crippen molar-refractivity contribution in [2.24, 2.45) is 0 Å². The molecule has 3 amide bonds. The molecule has 0 aliphatic carbocycles. The van der Waals surface area contributed by atoms with Gasteiger partial charge in [0.1, 0.15) is 6.04 Å². The Morgan fingerprint density at radius 1 is 1.06 bits per heavy atom. The number of imide groups is 1. The predicted molar refractivity (Wildman–Crippen MR) is 121 cm³/mol. The number of hydrogen-bond donors (Lipinski definition) is 1. The van der Waals surface area contributed by atoms with Crippen LogP contribution in [0.5, 0.6) is 0 Å². The maximum absolute atomic E-state index is 13.4. The van der Waals surface area contributed by atoms with E-state index in [-0.39, 0.29) is 24.3 Å². The van der Waals surface area contributed by atoms with Crippen molar-refractivity contribution in [2.45, 2.75) is 38.0 Å². The van der Waals surface area contributed by atoms with Crippen molar-refractivity contribution in [1.82, 2.24) is 9.80 Å². The molecule has 1 aromatic carbocycles. The summed E-state index contributed by atoms with van der Waals surface area (Å²) in [6, 6.07) is 3.54. The van der Waals surface area contributed by atoms with Gasteiger partial charge in [-0.15, -0.1) is 0 Å². The lowest BCUT2D eigenvalue weighted by atomic mass is 9.92. The van der Waals surface area contributed by atoms with Crippen LogP contribution >= 0.6 is 7.60 Å². The summed E-state index contributed by atoms with van der Waals surface area (Å²) in [5.41, 5.74) is 0.254. The maximum Gasteiger partial charge on any atom is 0.364 e. The van der Waals surface area contributed by atoms with Crippen LogP contribution in [0.25, 0.3) is 0 Å². The van der Waals surface area contributed by atoms with Crippen LogP contribution in [0.15, 0.2) is 36.4 Å². The van der Waals surface area contributed by atoms with E-state index in [9.17, 15) is 28.8 Å². The van der Waals surface area contributed by atoms with Crippen LogP contribution < -0.4 is 0 Å². The van der Waals surface area contributed by atoms with E-state index in [2.05, 4.69) is 0 Å². The fourth-order valence-electron chi connectivity index (χ4n) is 4.12. The van der Waals surface area contributed by atoms with Crippen LogP contribution in [0.2, 0.25) is 0 Å². The summed E-state index contributed by atoms with van der Waals surface area (Å²) in [6.45, 7) is 2.73. The largest absolute Gasteiger partial charge is 0.479 e. The number of methoxy groups -OCH3 is 2. The van der Waals surface area contributed by atoms with E-state index in [1.165, 1.54) is 52.4 Å². The molecule has 0 radical (unpaired) electrons. The molecule has 35 heavy (non-hydrogen) atoms. The van der Waals surface area contributed by atoms with Crippen LogP contribution in [0.4, 0.5) is 0 Å². The third kappa shape index (κ3) is 4.67. The summed E-state index contributed by atoms with van der Waals surface area (Å²) in [5, 5.41) is 9.95. The Labute approximate surface area is 201 Å². The number of carbonyl (C=O) groups excluding carboxylic acids is 3. The normalized spacial score (nSPS) is 21.1. The third-order valence-corrected chi connectivity index (χ3v) is 7.89. The first-order chi connectivity index (χ1) is 16.7. The van der Waals surface area contributed by atoms with Crippen LogP contribution in [0.3, 0.4) is 0 Å². The number of amides is 3. The number of likely N-dealkylation sites (tertiary alicyclic amines) is 1. The number of carbonyl (C=O) groups is 4. The number of hydrogen-bond acceptors (Lipinski definition) is 9. The molecular weight excluding hydrogens is 483 g/mol. The van der Waals surface area contributed by atoms with Gasteiger partial charge in [0, 0.05) is 14.2 Å². The van der Waals surface area contributed by atoms with Gasteiger partial charge in [-0.2, -0.15) is 0 Å². The SMILES string of the molecule is CCOP(=O)(OCC)C(C(=O)O)N1C(=O)C(N2C(=O)c3ccccc3C2=O)C1/C=C\C(OC)OC. The van der Waals surface area contributed by atoms with Crippen molar-refractivity contribution in [3.05, 3.63) is 47.5 Å². The Bertz CT molecular complexity index is 1040. The second kappa shape index (κ2) is 10.8. The van der Waals surface area contributed by atoms with Gasteiger partial charge in [0.25, 0.3) is 11.8 Å². The van der Waals surface area contributed by atoms with E-state index in [4.69, 9.17) is 18.5 Å². The molecule has 0 bridgehead atoms. The number of carboxylic acid groups (broad SMARTS) is 1. The van der Waals surface area contributed by atoms with Gasteiger partial charge in [0.15, 0.2) is 6.29 Å². The summed E-state index contributed by atoms with van der Waals surface area (Å²) in [4.78, 5) is 53.3. The number of ether oxygens (including phenoxy) is 2. The molecule has 3 rings (SSSR count). The lowest BCUT2D eigenvalue weighted by molar-refractivity contribution is -0.162. The first kappa shape index (κ1) is 26.7. The maximum atomic E-state index is 13.4. The van der Waals surface area contributed by atoms with Crippen molar-refractivity contribution in [3.8, 4) is 0 Å². The van der Waals surface area contributed by atoms with Gasteiger partial charge in [0.05, 0.1) is 30.4 Å². The third-order valence-electron chi connectivity index (χ3n) is 5.59. The molecule has 12 nitrogen and oxygen atoms in total. The van der Waals surface area contributed by atoms with Gasteiger partial charge in [-0.25, -0.2) is 4.79 Å². The summed E-state index contributed by atoms with van der Waals surface area (Å²) in [5.74, 6) is -5.92. The molecule has 2 aliphatic heterocycles. The number of rotatable bonds is 12. The number of nitrogens with zero attached hydrogens (tertiary/aromatic N) is 2. The van der Waals surface area contributed by atoms with Crippen molar-refractivity contribution in [3.63, 3.8) is 0 Å². The molecule has 0 spiro atoms. The van der Waals surface area contributed by atoms with Crippen molar-refractivity contribution in [1.29, 1.82) is 0 Å². The van der Waals surface area contributed by atoms with E-state index >= 15 is 0 Å². The fourth-order valence-corrected chi connectivity index (χ4v) is 6.04. The van der Waals surface area contributed by atoms with E-state index in [0.29, 0.717) is 0 Å². The van der Waals surface area contributed by atoms with Gasteiger partial charge in [0.2, 0.25) is 11.7 Å². The molecular formula is C22H27N2O10P. The zero-order valence-electron chi connectivity index (χ0n) is 19.7. The molecule has 3 unspecified atom stereocenters. The highest BCUT2D eigenvalue weighted by Gasteiger charge is 2.62. The van der Waals surface area contributed by atoms with Gasteiger partial charge >= 0.3 is 13.6 Å². The smallest absolute Gasteiger partial charge is 0.364 e. The molecule has 0 aromatic heterocycles. The zero-order chi connectivity index (χ0) is 25.9. The van der Waals surface area contributed by atoms with Crippen LogP contribution in [0, 0.1) is 0 Å². The second-order valence-corrected chi connectivity index (χ2v) is 9.60. The first-order valence-electron chi connectivity index (χ1n) is 10.8. The number of β-lactam (4-membered cyclic amide) rings is 1. The van der Waals surface area contributed by atoms with Gasteiger partial charge in [-0.1, -0.05) is 18.2 Å². The first-order valence-corrected chi connectivity index (χ1v) is 12.4. The highest BCUT2D eigenvalue weighted by molar-refractivity contribution is 7.55. The Morgan fingerprint density at radius 3 is 2.00 bits per heavy atom. The lowest BCUT2D eigenvalue weighted by Crippen LogP contribution is -2.74. The molecule has 1 N–H and O–H groups in total. The molecule has 2 aliphatic rings.